The van der Waals surface area contributed by atoms with E-state index in [2.05, 4.69) is 10.6 Å². The summed E-state index contributed by atoms with van der Waals surface area (Å²) in [4.78, 5) is 34.9. The highest BCUT2D eigenvalue weighted by Crippen LogP contribution is 2.51. The maximum atomic E-state index is 12.6. The van der Waals surface area contributed by atoms with Crippen LogP contribution in [0.25, 0.3) is 0 Å². The molecule has 0 aromatic heterocycles. The number of ether oxygens (including phenoxy) is 2. The number of aliphatic carboxylic acids is 1. The molecule has 8 nitrogen and oxygen atoms in total. The van der Waals surface area contributed by atoms with Gasteiger partial charge >= 0.3 is 5.97 Å². The fourth-order valence-electron chi connectivity index (χ4n) is 3.16. The molecule has 1 saturated carbocycles. The topological polar surface area (TPSA) is 114 Å². The van der Waals surface area contributed by atoms with E-state index in [9.17, 15) is 14.4 Å². The van der Waals surface area contributed by atoms with Gasteiger partial charge in [-0.15, -0.1) is 0 Å². The smallest absolute Gasteiger partial charge is 0.322 e. The minimum absolute atomic E-state index is 0.0566. The minimum atomic E-state index is -1.12. The van der Waals surface area contributed by atoms with Crippen molar-refractivity contribution in [1.82, 2.24) is 5.32 Å². The number of carboxylic acids is 1. The van der Waals surface area contributed by atoms with E-state index in [4.69, 9.17) is 14.6 Å². The lowest BCUT2D eigenvalue weighted by atomic mass is 10.1. The zero-order valence-electron chi connectivity index (χ0n) is 16.1. The van der Waals surface area contributed by atoms with Crippen molar-refractivity contribution in [1.29, 1.82) is 0 Å². The number of amides is 2. The number of hydrogen-bond donors (Lipinski definition) is 3. The number of carbonyl (C=O) groups is 3. The zero-order chi connectivity index (χ0) is 21.0. The lowest BCUT2D eigenvalue weighted by Crippen LogP contribution is -2.29. The van der Waals surface area contributed by atoms with Crippen molar-refractivity contribution >= 4 is 23.5 Å². The van der Waals surface area contributed by atoms with Crippen LogP contribution in [0.3, 0.4) is 0 Å². The van der Waals surface area contributed by atoms with Crippen molar-refractivity contribution in [2.45, 2.75) is 12.3 Å². The van der Waals surface area contributed by atoms with Crippen LogP contribution in [0.5, 0.6) is 11.5 Å². The molecular formula is C21H22N2O6. The van der Waals surface area contributed by atoms with Gasteiger partial charge in [0.15, 0.2) is 0 Å². The maximum Gasteiger partial charge on any atom is 0.322 e. The molecule has 2 atom stereocenters. The molecule has 152 valence electrons. The van der Waals surface area contributed by atoms with Gasteiger partial charge in [0.05, 0.1) is 14.2 Å². The fourth-order valence-corrected chi connectivity index (χ4v) is 3.16. The molecule has 3 rings (SSSR count). The molecule has 0 aliphatic heterocycles. The van der Waals surface area contributed by atoms with E-state index in [0.29, 0.717) is 23.4 Å². The van der Waals surface area contributed by atoms with Crippen molar-refractivity contribution in [3.63, 3.8) is 0 Å². The van der Waals surface area contributed by atoms with E-state index in [1.807, 2.05) is 18.2 Å². The van der Waals surface area contributed by atoms with Gasteiger partial charge in [-0.25, -0.2) is 0 Å². The third-order valence-electron chi connectivity index (χ3n) is 4.78. The number of benzene rings is 2. The summed E-state index contributed by atoms with van der Waals surface area (Å²) in [5.41, 5.74) is 1.82. The Bertz CT molecular complexity index is 925. The van der Waals surface area contributed by atoms with E-state index >= 15 is 0 Å². The van der Waals surface area contributed by atoms with Crippen LogP contribution in [0.4, 0.5) is 5.69 Å². The molecule has 0 spiro atoms. The lowest BCUT2D eigenvalue weighted by molar-refractivity contribution is -0.135. The van der Waals surface area contributed by atoms with Crippen LogP contribution in [-0.4, -0.2) is 43.7 Å². The molecule has 0 saturated heterocycles. The molecule has 0 bridgehead atoms. The Hall–Kier alpha value is -3.55. The van der Waals surface area contributed by atoms with E-state index < -0.39 is 18.4 Å². The molecule has 1 aliphatic carbocycles. The first kappa shape index (κ1) is 20.2. The Labute approximate surface area is 167 Å². The summed E-state index contributed by atoms with van der Waals surface area (Å²) in [6.45, 7) is -0.450. The van der Waals surface area contributed by atoms with Crippen LogP contribution in [-0.2, 0) is 9.59 Å². The first-order valence-corrected chi connectivity index (χ1v) is 9.05. The van der Waals surface area contributed by atoms with Crippen LogP contribution in [0.1, 0.15) is 28.3 Å². The summed E-state index contributed by atoms with van der Waals surface area (Å²) >= 11 is 0. The van der Waals surface area contributed by atoms with E-state index in [-0.39, 0.29) is 17.7 Å². The molecular weight excluding hydrogens is 376 g/mol. The molecule has 0 radical (unpaired) electrons. The molecule has 8 heteroatoms. The molecule has 2 unspecified atom stereocenters. The Balaban J connectivity index is 1.61. The van der Waals surface area contributed by atoms with Crippen molar-refractivity contribution in [3.05, 3.63) is 53.6 Å². The van der Waals surface area contributed by atoms with E-state index in [1.54, 1.807) is 26.4 Å². The Kier molecular flexibility index (Phi) is 6.01. The highest BCUT2D eigenvalue weighted by Gasteiger charge is 2.45. The fraction of sp³-hybridized carbons (Fsp3) is 0.286. The summed E-state index contributed by atoms with van der Waals surface area (Å²) in [6, 6.07) is 11.8. The maximum absolute atomic E-state index is 12.6. The lowest BCUT2D eigenvalue weighted by Gasteiger charge is -2.11. The first-order chi connectivity index (χ1) is 13.9. The summed E-state index contributed by atoms with van der Waals surface area (Å²) in [5, 5.41) is 13.7. The SMILES string of the molecule is COc1ccc(OC)c(C2CC2C(=O)Nc2ccc(C(=O)NCC(=O)O)cc2)c1. The molecule has 2 aromatic rings. The Morgan fingerprint density at radius 2 is 1.79 bits per heavy atom. The average Bonchev–Trinajstić information content (AvgIpc) is 3.53. The molecule has 2 aromatic carbocycles. The van der Waals surface area contributed by atoms with Gasteiger partial charge < -0.3 is 25.2 Å². The number of nitrogens with one attached hydrogen (secondary N) is 2. The predicted octanol–water partition coefficient (Wildman–Crippen LogP) is 2.26. The van der Waals surface area contributed by atoms with E-state index in [1.165, 1.54) is 12.1 Å². The first-order valence-electron chi connectivity index (χ1n) is 9.05. The van der Waals surface area contributed by atoms with Crippen LogP contribution in [0.15, 0.2) is 42.5 Å². The van der Waals surface area contributed by atoms with Crippen LogP contribution < -0.4 is 20.1 Å². The predicted molar refractivity (Wildman–Crippen MR) is 105 cm³/mol. The minimum Gasteiger partial charge on any atom is -0.497 e. The third-order valence-corrected chi connectivity index (χ3v) is 4.78. The van der Waals surface area contributed by atoms with Crippen molar-refractivity contribution < 1.29 is 29.0 Å². The van der Waals surface area contributed by atoms with Crippen molar-refractivity contribution in [3.8, 4) is 11.5 Å². The third kappa shape index (κ3) is 4.84. The largest absolute Gasteiger partial charge is 0.497 e. The highest BCUT2D eigenvalue weighted by atomic mass is 16.5. The number of anilines is 1. The van der Waals surface area contributed by atoms with Gasteiger partial charge in [0.25, 0.3) is 5.91 Å². The second kappa shape index (κ2) is 8.64. The summed E-state index contributed by atoms with van der Waals surface area (Å²) < 4.78 is 10.7. The molecule has 1 aliphatic rings. The van der Waals surface area contributed by atoms with Gasteiger partial charge in [0.2, 0.25) is 5.91 Å². The average molecular weight is 398 g/mol. The molecule has 0 heterocycles. The number of methoxy groups -OCH3 is 2. The van der Waals surface area contributed by atoms with Gasteiger partial charge in [-0.2, -0.15) is 0 Å². The summed E-state index contributed by atoms with van der Waals surface area (Å²) in [6.07, 6.45) is 0.713. The molecule has 2 amide bonds. The number of carbonyl (C=O) groups excluding carboxylic acids is 2. The molecule has 3 N–H and O–H groups in total. The highest BCUT2D eigenvalue weighted by molar-refractivity contribution is 5.98. The second-order valence-electron chi connectivity index (χ2n) is 6.70. The number of carboxylic acid groups (broad SMARTS) is 1. The van der Waals surface area contributed by atoms with Crippen LogP contribution in [0.2, 0.25) is 0 Å². The van der Waals surface area contributed by atoms with E-state index in [0.717, 1.165) is 11.3 Å². The second-order valence-corrected chi connectivity index (χ2v) is 6.70. The van der Waals surface area contributed by atoms with Crippen LogP contribution >= 0.6 is 0 Å². The monoisotopic (exact) mass is 398 g/mol. The number of rotatable bonds is 8. The van der Waals surface area contributed by atoms with Crippen molar-refractivity contribution in [2.75, 3.05) is 26.1 Å². The van der Waals surface area contributed by atoms with Gasteiger partial charge in [-0.05, 0) is 48.9 Å². The summed E-state index contributed by atoms with van der Waals surface area (Å²) in [5.74, 6) is -0.392. The van der Waals surface area contributed by atoms with Crippen LogP contribution in [0, 0.1) is 5.92 Å². The Morgan fingerprint density at radius 3 is 2.41 bits per heavy atom. The molecule has 1 fully saturated rings. The standard InChI is InChI=1S/C21H22N2O6/c1-28-14-7-8-18(29-2)16(9-14)15-10-17(15)21(27)23-13-5-3-12(4-6-13)20(26)22-11-19(24)25/h3-9,15,17H,10-11H2,1-2H3,(H,22,26)(H,23,27)(H,24,25). The zero-order valence-corrected chi connectivity index (χ0v) is 16.1. The normalized spacial score (nSPS) is 17.2. The van der Waals surface area contributed by atoms with Gasteiger partial charge in [0.1, 0.15) is 18.0 Å². The van der Waals surface area contributed by atoms with Gasteiger partial charge in [0, 0.05) is 28.7 Å². The van der Waals surface area contributed by atoms with Gasteiger partial charge in [-0.1, -0.05) is 0 Å². The summed E-state index contributed by atoms with van der Waals surface area (Å²) in [7, 11) is 3.19. The molecule has 29 heavy (non-hydrogen) atoms. The van der Waals surface area contributed by atoms with Gasteiger partial charge in [-0.3, -0.25) is 14.4 Å². The number of hydrogen-bond acceptors (Lipinski definition) is 5. The Morgan fingerprint density at radius 1 is 1.07 bits per heavy atom. The quantitative estimate of drug-likeness (QED) is 0.629. The van der Waals surface area contributed by atoms with Crippen molar-refractivity contribution in [2.24, 2.45) is 5.92 Å².